The Labute approximate surface area is 200 Å². The van der Waals surface area contributed by atoms with Crippen molar-refractivity contribution in [2.45, 2.75) is 45.4 Å². The molecule has 30 heavy (non-hydrogen) atoms. The first kappa shape index (κ1) is 23.3. The van der Waals surface area contributed by atoms with E-state index < -0.39 is 0 Å². The maximum atomic E-state index is 6.08. The van der Waals surface area contributed by atoms with E-state index in [0.29, 0.717) is 24.6 Å². The summed E-state index contributed by atoms with van der Waals surface area (Å²) in [5.41, 5.74) is 1.24. The Morgan fingerprint density at radius 3 is 2.80 bits per heavy atom. The molecule has 2 aliphatic rings. The molecule has 1 aromatic heterocycles. The van der Waals surface area contributed by atoms with Crippen molar-refractivity contribution in [1.82, 2.24) is 20.4 Å². The molecular formula is C22H31ClIN5O. The van der Waals surface area contributed by atoms with Crippen LogP contribution in [0.4, 0.5) is 0 Å². The van der Waals surface area contributed by atoms with Crippen molar-refractivity contribution in [2.75, 3.05) is 19.7 Å². The van der Waals surface area contributed by atoms with Gasteiger partial charge in [0.25, 0.3) is 0 Å². The third-order valence-electron chi connectivity index (χ3n) is 6.26. The third kappa shape index (κ3) is 4.62. The minimum absolute atomic E-state index is 0. The molecule has 164 valence electrons. The molecule has 2 heterocycles. The Balaban J connectivity index is 0.00000256. The SMILES string of the molecule is CCNC(=NCC(c1ccc(Cl)cc1)n1cccn1)NC1C2CCOC2C1(C)C.I. The second-order valence-electron chi connectivity index (χ2n) is 8.46. The number of fused-ring (bicyclic) bond motifs is 1. The van der Waals surface area contributed by atoms with Gasteiger partial charge in [-0.15, -0.1) is 24.0 Å². The van der Waals surface area contributed by atoms with E-state index in [1.165, 1.54) is 0 Å². The molecule has 2 N–H and O–H groups in total. The fourth-order valence-corrected chi connectivity index (χ4v) is 4.88. The summed E-state index contributed by atoms with van der Waals surface area (Å²) in [6.45, 7) is 8.91. The zero-order chi connectivity index (χ0) is 20.4. The van der Waals surface area contributed by atoms with Crippen LogP contribution in [0.2, 0.25) is 5.02 Å². The number of ether oxygens (including phenoxy) is 1. The summed E-state index contributed by atoms with van der Waals surface area (Å²) >= 11 is 6.08. The van der Waals surface area contributed by atoms with Crippen molar-refractivity contribution in [3.63, 3.8) is 0 Å². The molecule has 1 aliphatic carbocycles. The molecule has 0 bridgehead atoms. The Hall–Kier alpha value is -1.32. The number of aliphatic imine (C=N–C) groups is 1. The number of nitrogens with zero attached hydrogens (tertiary/aromatic N) is 3. The van der Waals surface area contributed by atoms with Gasteiger partial charge < -0.3 is 15.4 Å². The Kier molecular flexibility index (Phi) is 7.68. The first-order chi connectivity index (χ1) is 14.0. The lowest BCUT2D eigenvalue weighted by Gasteiger charge is -2.54. The van der Waals surface area contributed by atoms with Gasteiger partial charge in [0, 0.05) is 47.9 Å². The van der Waals surface area contributed by atoms with E-state index in [4.69, 9.17) is 21.3 Å². The van der Waals surface area contributed by atoms with Gasteiger partial charge in [-0.05, 0) is 37.1 Å². The fourth-order valence-electron chi connectivity index (χ4n) is 4.75. The van der Waals surface area contributed by atoms with E-state index in [1.807, 2.05) is 41.2 Å². The molecule has 4 unspecified atom stereocenters. The van der Waals surface area contributed by atoms with Crippen LogP contribution in [0, 0.1) is 11.3 Å². The molecule has 1 saturated carbocycles. The quantitative estimate of drug-likeness (QED) is 0.327. The molecule has 2 aromatic rings. The van der Waals surface area contributed by atoms with Crippen molar-refractivity contribution < 1.29 is 4.74 Å². The second kappa shape index (κ2) is 9.87. The van der Waals surface area contributed by atoms with Crippen molar-refractivity contribution in [1.29, 1.82) is 0 Å². The average molecular weight is 544 g/mol. The fraction of sp³-hybridized carbons (Fsp3) is 0.545. The number of halogens is 2. The lowest BCUT2D eigenvalue weighted by atomic mass is 9.57. The zero-order valence-corrected chi connectivity index (χ0v) is 20.8. The Bertz CT molecular complexity index is 840. The maximum Gasteiger partial charge on any atom is 0.191 e. The highest BCUT2D eigenvalue weighted by Gasteiger charge is 2.59. The van der Waals surface area contributed by atoms with Gasteiger partial charge in [-0.3, -0.25) is 9.67 Å². The molecule has 0 spiro atoms. The molecule has 1 aliphatic heterocycles. The topological polar surface area (TPSA) is 63.5 Å². The predicted molar refractivity (Wildman–Crippen MR) is 132 cm³/mol. The lowest BCUT2D eigenvalue weighted by molar-refractivity contribution is -0.106. The van der Waals surface area contributed by atoms with Crippen LogP contribution in [0.5, 0.6) is 0 Å². The monoisotopic (exact) mass is 543 g/mol. The van der Waals surface area contributed by atoms with Crippen molar-refractivity contribution in [3.05, 3.63) is 53.3 Å². The summed E-state index contributed by atoms with van der Waals surface area (Å²) < 4.78 is 7.88. The van der Waals surface area contributed by atoms with Crippen LogP contribution in [0.1, 0.15) is 38.8 Å². The van der Waals surface area contributed by atoms with Crippen molar-refractivity contribution in [3.8, 4) is 0 Å². The molecule has 2 fully saturated rings. The lowest BCUT2D eigenvalue weighted by Crippen LogP contribution is -2.68. The summed E-state index contributed by atoms with van der Waals surface area (Å²) in [5, 5.41) is 12.3. The van der Waals surface area contributed by atoms with Crippen molar-refractivity contribution >= 4 is 41.5 Å². The van der Waals surface area contributed by atoms with Crippen LogP contribution in [0.25, 0.3) is 0 Å². The number of hydrogen-bond acceptors (Lipinski definition) is 3. The molecule has 1 aromatic carbocycles. The van der Waals surface area contributed by atoms with Crippen LogP contribution in [-0.4, -0.2) is 47.6 Å². The Morgan fingerprint density at radius 1 is 1.37 bits per heavy atom. The second-order valence-corrected chi connectivity index (χ2v) is 8.90. The minimum atomic E-state index is 0. The number of rotatable bonds is 6. The van der Waals surface area contributed by atoms with Crippen LogP contribution in [-0.2, 0) is 4.74 Å². The van der Waals surface area contributed by atoms with Gasteiger partial charge in [0.2, 0.25) is 0 Å². The van der Waals surface area contributed by atoms with E-state index in [1.54, 1.807) is 6.20 Å². The molecule has 1 saturated heterocycles. The van der Waals surface area contributed by atoms with Gasteiger partial charge in [0.05, 0.1) is 18.7 Å². The van der Waals surface area contributed by atoms with Crippen LogP contribution in [0.3, 0.4) is 0 Å². The first-order valence-corrected chi connectivity index (χ1v) is 10.8. The van der Waals surface area contributed by atoms with Crippen LogP contribution in [0.15, 0.2) is 47.7 Å². The molecule has 6 nitrogen and oxygen atoms in total. The predicted octanol–water partition coefficient (Wildman–Crippen LogP) is 4.11. The normalized spacial score (nSPS) is 25.6. The standard InChI is InChI=1S/C22H30ClN5O.HI/c1-4-24-21(27-19-17-10-13-29-20(17)22(19,2)3)25-14-18(28-12-5-11-26-28)15-6-8-16(23)9-7-15;/h5-9,11-12,17-20H,4,10,13-14H2,1-3H3,(H2,24,25,27);1H. The maximum absolute atomic E-state index is 6.08. The summed E-state index contributed by atoms with van der Waals surface area (Å²) in [5.74, 6) is 1.41. The summed E-state index contributed by atoms with van der Waals surface area (Å²) in [7, 11) is 0. The molecule has 4 rings (SSSR count). The first-order valence-electron chi connectivity index (χ1n) is 10.4. The molecule has 0 amide bonds. The summed E-state index contributed by atoms with van der Waals surface area (Å²) in [6, 6.07) is 10.2. The zero-order valence-electron chi connectivity index (χ0n) is 17.7. The highest BCUT2D eigenvalue weighted by molar-refractivity contribution is 14.0. The number of nitrogens with one attached hydrogen (secondary N) is 2. The van der Waals surface area contributed by atoms with Crippen molar-refractivity contribution in [2.24, 2.45) is 16.3 Å². The molecule has 4 atom stereocenters. The summed E-state index contributed by atoms with van der Waals surface area (Å²) in [6.07, 6.45) is 5.25. The molecular weight excluding hydrogens is 513 g/mol. The van der Waals surface area contributed by atoms with Gasteiger partial charge in [-0.2, -0.15) is 5.10 Å². The largest absolute Gasteiger partial charge is 0.377 e. The highest BCUT2D eigenvalue weighted by Crippen LogP contribution is 2.52. The van der Waals surface area contributed by atoms with E-state index in [9.17, 15) is 0 Å². The van der Waals surface area contributed by atoms with E-state index >= 15 is 0 Å². The van der Waals surface area contributed by atoms with E-state index in [2.05, 4.69) is 36.5 Å². The van der Waals surface area contributed by atoms with Gasteiger partial charge in [-0.25, -0.2) is 0 Å². The molecule has 0 radical (unpaired) electrons. The van der Waals surface area contributed by atoms with Gasteiger partial charge in [0.15, 0.2) is 5.96 Å². The van der Waals surface area contributed by atoms with Gasteiger partial charge in [-0.1, -0.05) is 37.6 Å². The summed E-state index contributed by atoms with van der Waals surface area (Å²) in [4.78, 5) is 4.93. The van der Waals surface area contributed by atoms with Gasteiger partial charge in [0.1, 0.15) is 0 Å². The van der Waals surface area contributed by atoms with E-state index in [0.717, 1.165) is 36.1 Å². The number of aromatic nitrogens is 2. The number of hydrogen-bond donors (Lipinski definition) is 2. The molecule has 8 heteroatoms. The van der Waals surface area contributed by atoms with Crippen LogP contribution >= 0.6 is 35.6 Å². The number of benzene rings is 1. The number of guanidine groups is 1. The van der Waals surface area contributed by atoms with E-state index in [-0.39, 0.29) is 35.4 Å². The average Bonchev–Trinajstić information content (AvgIpc) is 3.38. The third-order valence-corrected chi connectivity index (χ3v) is 6.51. The highest BCUT2D eigenvalue weighted by atomic mass is 127. The Morgan fingerprint density at radius 2 is 2.13 bits per heavy atom. The minimum Gasteiger partial charge on any atom is -0.377 e. The van der Waals surface area contributed by atoms with Gasteiger partial charge >= 0.3 is 0 Å². The smallest absolute Gasteiger partial charge is 0.191 e. The van der Waals surface area contributed by atoms with Crippen LogP contribution < -0.4 is 10.6 Å².